The number of carbonyl (C=O) groups is 1. The first kappa shape index (κ1) is 19.4. The number of hydrogen-bond acceptors (Lipinski definition) is 6. The third-order valence-electron chi connectivity index (χ3n) is 6.18. The molecule has 3 aromatic heterocycles. The van der Waals surface area contributed by atoms with Gasteiger partial charge in [-0.3, -0.25) is 9.78 Å². The molecular weight excluding hydrogens is 418 g/mol. The molecule has 1 aromatic carbocycles. The highest BCUT2D eigenvalue weighted by atomic mass is 32.1. The number of fused-ring (bicyclic) bond motifs is 1. The van der Waals surface area contributed by atoms with Crippen LogP contribution in [-0.4, -0.2) is 44.9 Å². The van der Waals surface area contributed by atoms with Crippen molar-refractivity contribution in [1.82, 2.24) is 19.9 Å². The Morgan fingerprint density at radius 1 is 1.03 bits per heavy atom. The van der Waals surface area contributed by atoms with E-state index >= 15 is 0 Å². The summed E-state index contributed by atoms with van der Waals surface area (Å²) in [5.74, 6) is 2.31. The van der Waals surface area contributed by atoms with Gasteiger partial charge in [0.1, 0.15) is 22.2 Å². The molecule has 4 aromatic rings. The van der Waals surface area contributed by atoms with E-state index in [1.807, 2.05) is 23.1 Å². The highest BCUT2D eigenvalue weighted by Gasteiger charge is 2.31. The fourth-order valence-corrected chi connectivity index (χ4v) is 5.28. The maximum absolute atomic E-state index is 12.8. The number of thiophene rings is 1. The molecule has 0 radical (unpaired) electrons. The highest BCUT2D eigenvalue weighted by Crippen LogP contribution is 2.43. The molecule has 1 saturated heterocycles. The number of anilines is 1. The number of aromatic nitrogens is 3. The largest absolute Gasteiger partial charge is 0.365 e. The van der Waals surface area contributed by atoms with Crippen LogP contribution in [0, 0.1) is 0 Å². The molecule has 1 atom stereocenters. The highest BCUT2D eigenvalue weighted by molar-refractivity contribution is 7.17. The summed E-state index contributed by atoms with van der Waals surface area (Å²) in [4.78, 5) is 29.8. The van der Waals surface area contributed by atoms with Gasteiger partial charge in [-0.25, -0.2) is 9.97 Å². The van der Waals surface area contributed by atoms with Crippen molar-refractivity contribution in [2.24, 2.45) is 0 Å². The number of nitrogens with zero attached hydrogens (tertiary/aromatic N) is 4. The van der Waals surface area contributed by atoms with Gasteiger partial charge in [-0.1, -0.05) is 36.4 Å². The lowest BCUT2D eigenvalue weighted by atomic mass is 10.1. The van der Waals surface area contributed by atoms with Crippen molar-refractivity contribution < 1.29 is 4.79 Å². The van der Waals surface area contributed by atoms with E-state index in [0.29, 0.717) is 24.7 Å². The quantitative estimate of drug-likeness (QED) is 0.474. The predicted octanol–water partition coefficient (Wildman–Crippen LogP) is 4.96. The average Bonchev–Trinajstić information content (AvgIpc) is 3.44. The molecule has 32 heavy (non-hydrogen) atoms. The van der Waals surface area contributed by atoms with Gasteiger partial charge < -0.3 is 10.2 Å². The molecule has 1 N–H and O–H groups in total. The summed E-state index contributed by atoms with van der Waals surface area (Å²) in [6.07, 6.45) is 4.88. The summed E-state index contributed by atoms with van der Waals surface area (Å²) < 4.78 is 0. The lowest BCUT2D eigenvalue weighted by molar-refractivity contribution is 0.0786. The van der Waals surface area contributed by atoms with Crippen molar-refractivity contribution in [1.29, 1.82) is 0 Å². The molecule has 160 valence electrons. The van der Waals surface area contributed by atoms with Crippen molar-refractivity contribution in [3.63, 3.8) is 0 Å². The minimum Gasteiger partial charge on any atom is -0.365 e. The van der Waals surface area contributed by atoms with Crippen LogP contribution in [0.3, 0.4) is 0 Å². The second-order valence-electron chi connectivity index (χ2n) is 8.50. The molecule has 6 rings (SSSR count). The number of carbonyl (C=O) groups excluding carboxylic acids is 1. The van der Waals surface area contributed by atoms with Crippen molar-refractivity contribution in [2.75, 3.05) is 18.4 Å². The second-order valence-corrected chi connectivity index (χ2v) is 9.35. The molecule has 1 saturated carbocycles. The molecule has 0 spiro atoms. The molecule has 1 aliphatic heterocycles. The Balaban J connectivity index is 1.31. The van der Waals surface area contributed by atoms with Gasteiger partial charge in [0.2, 0.25) is 0 Å². The smallest absolute Gasteiger partial charge is 0.272 e. The van der Waals surface area contributed by atoms with Crippen LogP contribution in [0.1, 0.15) is 41.5 Å². The van der Waals surface area contributed by atoms with Crippen LogP contribution in [0.4, 0.5) is 5.82 Å². The zero-order valence-corrected chi connectivity index (χ0v) is 18.4. The Hall–Kier alpha value is -3.32. The monoisotopic (exact) mass is 441 g/mol. The van der Waals surface area contributed by atoms with Crippen LogP contribution in [0.15, 0.2) is 60.1 Å². The van der Waals surface area contributed by atoms with E-state index in [1.165, 1.54) is 5.56 Å². The summed E-state index contributed by atoms with van der Waals surface area (Å²) in [5.41, 5.74) is 2.83. The first-order valence-electron chi connectivity index (χ1n) is 11.1. The van der Waals surface area contributed by atoms with E-state index < -0.39 is 0 Å². The molecule has 0 bridgehead atoms. The van der Waals surface area contributed by atoms with Gasteiger partial charge in [-0.05, 0) is 37.0 Å². The van der Waals surface area contributed by atoms with Crippen molar-refractivity contribution in [2.45, 2.75) is 31.2 Å². The van der Waals surface area contributed by atoms with E-state index in [4.69, 9.17) is 9.97 Å². The van der Waals surface area contributed by atoms with Crippen molar-refractivity contribution >= 4 is 33.3 Å². The van der Waals surface area contributed by atoms with E-state index in [1.54, 1.807) is 23.6 Å². The number of hydrogen-bond donors (Lipinski definition) is 1. The summed E-state index contributed by atoms with van der Waals surface area (Å²) in [7, 11) is 0. The number of rotatable bonds is 5. The summed E-state index contributed by atoms with van der Waals surface area (Å²) in [6.45, 7) is 1.36. The van der Waals surface area contributed by atoms with Gasteiger partial charge in [0.25, 0.3) is 5.91 Å². The fourth-order valence-electron chi connectivity index (χ4n) is 4.32. The van der Waals surface area contributed by atoms with Gasteiger partial charge in [0, 0.05) is 42.2 Å². The number of pyridine rings is 1. The Morgan fingerprint density at radius 3 is 2.66 bits per heavy atom. The van der Waals surface area contributed by atoms with E-state index in [-0.39, 0.29) is 11.9 Å². The van der Waals surface area contributed by atoms with Crippen LogP contribution >= 0.6 is 11.3 Å². The molecule has 1 unspecified atom stereocenters. The molecule has 4 heterocycles. The van der Waals surface area contributed by atoms with Crippen molar-refractivity contribution in [3.05, 3.63) is 71.6 Å². The van der Waals surface area contributed by atoms with E-state index in [2.05, 4.69) is 39.9 Å². The lowest BCUT2D eigenvalue weighted by Crippen LogP contribution is -2.32. The molecule has 6 nitrogen and oxygen atoms in total. The topological polar surface area (TPSA) is 71.0 Å². The van der Waals surface area contributed by atoms with Crippen LogP contribution in [0.25, 0.3) is 21.3 Å². The van der Waals surface area contributed by atoms with Gasteiger partial charge in [-0.2, -0.15) is 0 Å². The number of benzene rings is 1. The number of amides is 1. The van der Waals surface area contributed by atoms with Gasteiger partial charge in [0.05, 0.1) is 5.39 Å². The SMILES string of the molecule is O=C(c1ccccn1)N1CCC(Nc2nc(C3CC3)nc3scc(-c4ccccc4)c23)C1. The van der Waals surface area contributed by atoms with E-state index in [0.717, 1.165) is 46.7 Å². The minimum absolute atomic E-state index is 0.0121. The standard InChI is InChI=1S/C25H23N5OS/c31-25(20-8-4-5-12-26-20)30-13-11-18(14-30)27-23-21-19(16-6-2-1-3-7-16)15-32-24(21)29-22(28-23)17-9-10-17/h1-8,12,15,17-18H,9-11,13-14H2,(H,27,28,29). The number of likely N-dealkylation sites (tertiary alicyclic amines) is 1. The molecule has 2 aliphatic rings. The summed E-state index contributed by atoms with van der Waals surface area (Å²) in [5, 5.41) is 6.95. The molecule has 1 amide bonds. The zero-order valence-electron chi connectivity index (χ0n) is 17.6. The molecular formula is C25H23N5OS. The van der Waals surface area contributed by atoms with Gasteiger partial charge in [-0.15, -0.1) is 11.3 Å². The van der Waals surface area contributed by atoms with Crippen molar-refractivity contribution in [3.8, 4) is 11.1 Å². The average molecular weight is 442 g/mol. The third-order valence-corrected chi connectivity index (χ3v) is 7.05. The van der Waals surface area contributed by atoms with Crippen LogP contribution in [0.2, 0.25) is 0 Å². The third kappa shape index (κ3) is 3.62. The lowest BCUT2D eigenvalue weighted by Gasteiger charge is -2.18. The Labute approximate surface area is 190 Å². The Kier molecular flexibility index (Phi) is 4.83. The molecule has 2 fully saturated rings. The van der Waals surface area contributed by atoms with Crippen LogP contribution in [-0.2, 0) is 0 Å². The summed E-state index contributed by atoms with van der Waals surface area (Å²) in [6, 6.07) is 16.0. The number of nitrogens with one attached hydrogen (secondary N) is 1. The predicted molar refractivity (Wildman–Crippen MR) is 127 cm³/mol. The Bertz CT molecular complexity index is 1270. The first-order chi connectivity index (χ1) is 15.8. The normalized spacial score (nSPS) is 18.2. The van der Waals surface area contributed by atoms with E-state index in [9.17, 15) is 4.79 Å². The van der Waals surface area contributed by atoms with Crippen LogP contribution in [0.5, 0.6) is 0 Å². The van der Waals surface area contributed by atoms with Gasteiger partial charge in [0.15, 0.2) is 0 Å². The molecule has 1 aliphatic carbocycles. The first-order valence-corrected chi connectivity index (χ1v) is 12.0. The second kappa shape index (κ2) is 7.98. The summed E-state index contributed by atoms with van der Waals surface area (Å²) >= 11 is 1.68. The molecule has 7 heteroatoms. The van der Waals surface area contributed by atoms with Gasteiger partial charge >= 0.3 is 0 Å². The minimum atomic E-state index is -0.0121. The van der Waals surface area contributed by atoms with Crippen LogP contribution < -0.4 is 5.32 Å². The fraction of sp³-hybridized carbons (Fsp3) is 0.280. The Morgan fingerprint density at radius 2 is 1.88 bits per heavy atom. The zero-order chi connectivity index (χ0) is 21.5. The maximum atomic E-state index is 12.8. The maximum Gasteiger partial charge on any atom is 0.272 e.